The number of benzene rings is 1. The Kier molecular flexibility index (Phi) is 6.71. The first-order valence-electron chi connectivity index (χ1n) is 9.03. The van der Waals surface area contributed by atoms with Gasteiger partial charge in [0, 0.05) is 25.2 Å². The van der Waals surface area contributed by atoms with E-state index in [4.69, 9.17) is 4.74 Å². The quantitative estimate of drug-likeness (QED) is 0.770. The van der Waals surface area contributed by atoms with Gasteiger partial charge in [0.1, 0.15) is 5.75 Å². The Hall–Kier alpha value is -2.44. The van der Waals surface area contributed by atoms with Crippen molar-refractivity contribution < 1.29 is 14.3 Å². The second-order valence-corrected chi connectivity index (χ2v) is 7.65. The van der Waals surface area contributed by atoms with E-state index in [1.807, 2.05) is 37.8 Å². The first kappa shape index (κ1) is 19.9. The van der Waals surface area contributed by atoms with E-state index in [0.717, 1.165) is 12.8 Å². The molecule has 26 heavy (non-hydrogen) atoms. The van der Waals surface area contributed by atoms with Crippen molar-refractivity contribution in [1.82, 2.24) is 15.5 Å². The van der Waals surface area contributed by atoms with Crippen molar-refractivity contribution in [2.24, 2.45) is 5.92 Å². The molecule has 0 atom stereocenters. The third-order valence-corrected chi connectivity index (χ3v) is 4.29. The normalized spacial score (nSPS) is 15.3. The summed E-state index contributed by atoms with van der Waals surface area (Å²) >= 11 is 0. The number of likely N-dealkylation sites (tertiary alicyclic amines) is 1. The topological polar surface area (TPSA) is 82.7 Å². The average Bonchev–Trinajstić information content (AvgIpc) is 2.59. The SMILES string of the molecule is COc1ccccc1NC(=O)NCC1CCN(C(=O)NC(C)(C)C)CC1. The highest BCUT2D eigenvalue weighted by Gasteiger charge is 2.25. The van der Waals surface area contributed by atoms with E-state index >= 15 is 0 Å². The van der Waals surface area contributed by atoms with Gasteiger partial charge in [0.25, 0.3) is 0 Å². The van der Waals surface area contributed by atoms with Crippen LogP contribution >= 0.6 is 0 Å². The van der Waals surface area contributed by atoms with E-state index in [0.29, 0.717) is 37.0 Å². The van der Waals surface area contributed by atoms with Crippen LogP contribution in [0.5, 0.6) is 5.75 Å². The summed E-state index contributed by atoms with van der Waals surface area (Å²) in [4.78, 5) is 26.1. The minimum absolute atomic E-state index is 0.0159. The fourth-order valence-corrected chi connectivity index (χ4v) is 2.89. The standard InChI is InChI=1S/C19H30N4O3/c1-19(2,3)22-18(25)23-11-9-14(10-12-23)13-20-17(24)21-15-7-5-6-8-16(15)26-4/h5-8,14H,9-13H2,1-4H3,(H,22,25)(H2,20,21,24). The summed E-state index contributed by atoms with van der Waals surface area (Å²) in [5.41, 5.74) is 0.410. The van der Waals surface area contributed by atoms with Gasteiger partial charge in [-0.15, -0.1) is 0 Å². The molecule has 0 unspecified atom stereocenters. The third kappa shape index (κ3) is 6.13. The molecule has 0 aromatic heterocycles. The highest BCUT2D eigenvalue weighted by Crippen LogP contribution is 2.23. The molecule has 3 N–H and O–H groups in total. The lowest BCUT2D eigenvalue weighted by Gasteiger charge is -2.34. The largest absolute Gasteiger partial charge is 0.495 e. The van der Waals surface area contributed by atoms with Crippen molar-refractivity contribution in [2.75, 3.05) is 32.1 Å². The number of ether oxygens (including phenoxy) is 1. The zero-order chi connectivity index (χ0) is 19.2. The highest BCUT2D eigenvalue weighted by atomic mass is 16.5. The Morgan fingerprint density at radius 3 is 2.46 bits per heavy atom. The maximum atomic E-state index is 12.2. The zero-order valence-corrected chi connectivity index (χ0v) is 16.1. The molecule has 0 aliphatic carbocycles. The van der Waals surface area contributed by atoms with Crippen molar-refractivity contribution >= 4 is 17.7 Å². The van der Waals surface area contributed by atoms with Crippen LogP contribution in [0.2, 0.25) is 0 Å². The lowest BCUT2D eigenvalue weighted by molar-refractivity contribution is 0.162. The van der Waals surface area contributed by atoms with E-state index in [1.165, 1.54) is 0 Å². The zero-order valence-electron chi connectivity index (χ0n) is 16.1. The van der Waals surface area contributed by atoms with Crippen molar-refractivity contribution in [2.45, 2.75) is 39.2 Å². The molecule has 1 heterocycles. The van der Waals surface area contributed by atoms with Crippen LogP contribution in [-0.2, 0) is 0 Å². The molecule has 1 aromatic rings. The molecular formula is C19H30N4O3. The van der Waals surface area contributed by atoms with E-state index in [2.05, 4.69) is 16.0 Å². The second kappa shape index (κ2) is 8.78. The molecule has 1 aliphatic heterocycles. The number of hydrogen-bond donors (Lipinski definition) is 3. The highest BCUT2D eigenvalue weighted by molar-refractivity contribution is 5.90. The first-order chi connectivity index (χ1) is 12.3. The van der Waals surface area contributed by atoms with Gasteiger partial charge < -0.3 is 25.6 Å². The van der Waals surface area contributed by atoms with Crippen LogP contribution in [0.15, 0.2) is 24.3 Å². The predicted octanol–water partition coefficient (Wildman–Crippen LogP) is 3.04. The van der Waals surface area contributed by atoms with Gasteiger partial charge in [0.05, 0.1) is 12.8 Å². The number of urea groups is 2. The lowest BCUT2D eigenvalue weighted by Crippen LogP contribution is -2.51. The maximum Gasteiger partial charge on any atom is 0.319 e. The van der Waals surface area contributed by atoms with Gasteiger partial charge in [-0.2, -0.15) is 0 Å². The summed E-state index contributed by atoms with van der Waals surface area (Å²) in [5.74, 6) is 0.998. The minimum atomic E-state index is -0.248. The molecule has 7 heteroatoms. The van der Waals surface area contributed by atoms with E-state index in [-0.39, 0.29) is 17.6 Å². The third-order valence-electron chi connectivity index (χ3n) is 4.29. The molecule has 1 aromatic carbocycles. The Morgan fingerprint density at radius 2 is 1.85 bits per heavy atom. The summed E-state index contributed by atoms with van der Waals surface area (Å²) in [6.07, 6.45) is 1.76. The molecule has 0 radical (unpaired) electrons. The number of hydrogen-bond acceptors (Lipinski definition) is 3. The van der Waals surface area contributed by atoms with Crippen molar-refractivity contribution in [3.05, 3.63) is 24.3 Å². The summed E-state index contributed by atoms with van der Waals surface area (Å²) in [6, 6.07) is 7.03. The minimum Gasteiger partial charge on any atom is -0.495 e. The lowest BCUT2D eigenvalue weighted by atomic mass is 9.97. The number of nitrogens with zero attached hydrogens (tertiary/aromatic N) is 1. The number of para-hydroxylation sites is 2. The van der Waals surface area contributed by atoms with Gasteiger partial charge in [-0.3, -0.25) is 0 Å². The van der Waals surface area contributed by atoms with Gasteiger partial charge in [-0.05, 0) is 51.7 Å². The van der Waals surface area contributed by atoms with Gasteiger partial charge in [-0.25, -0.2) is 9.59 Å². The van der Waals surface area contributed by atoms with Crippen molar-refractivity contribution in [3.63, 3.8) is 0 Å². The Morgan fingerprint density at radius 1 is 1.19 bits per heavy atom. The molecule has 4 amide bonds. The number of carbonyl (C=O) groups is 2. The van der Waals surface area contributed by atoms with E-state index in [9.17, 15) is 9.59 Å². The van der Waals surface area contributed by atoms with Crippen LogP contribution < -0.4 is 20.7 Å². The molecule has 7 nitrogen and oxygen atoms in total. The predicted molar refractivity (Wildman–Crippen MR) is 103 cm³/mol. The Balaban J connectivity index is 1.73. The molecule has 1 aliphatic rings. The molecule has 0 bridgehead atoms. The van der Waals surface area contributed by atoms with Crippen LogP contribution in [0.3, 0.4) is 0 Å². The number of anilines is 1. The smallest absolute Gasteiger partial charge is 0.319 e. The number of rotatable bonds is 4. The fourth-order valence-electron chi connectivity index (χ4n) is 2.89. The molecule has 0 spiro atoms. The number of methoxy groups -OCH3 is 1. The summed E-state index contributed by atoms with van der Waals surface area (Å²) < 4.78 is 5.22. The molecule has 1 fully saturated rings. The summed E-state index contributed by atoms with van der Waals surface area (Å²) in [5, 5.41) is 8.70. The molecule has 144 valence electrons. The van der Waals surface area contributed by atoms with Gasteiger partial charge >= 0.3 is 12.1 Å². The van der Waals surface area contributed by atoms with Crippen LogP contribution in [-0.4, -0.2) is 49.2 Å². The van der Waals surface area contributed by atoms with Crippen molar-refractivity contribution in [1.29, 1.82) is 0 Å². The molecule has 1 saturated heterocycles. The second-order valence-electron chi connectivity index (χ2n) is 7.65. The number of nitrogens with one attached hydrogen (secondary N) is 3. The molecule has 2 rings (SSSR count). The number of amides is 4. The monoisotopic (exact) mass is 362 g/mol. The van der Waals surface area contributed by atoms with Gasteiger partial charge in [0.2, 0.25) is 0 Å². The van der Waals surface area contributed by atoms with Gasteiger partial charge in [-0.1, -0.05) is 12.1 Å². The van der Waals surface area contributed by atoms with Crippen LogP contribution in [0.1, 0.15) is 33.6 Å². The summed E-state index contributed by atoms with van der Waals surface area (Å²) in [6.45, 7) is 7.94. The number of carbonyl (C=O) groups excluding carboxylic acids is 2. The van der Waals surface area contributed by atoms with Crippen LogP contribution in [0, 0.1) is 5.92 Å². The first-order valence-corrected chi connectivity index (χ1v) is 9.03. The summed E-state index contributed by atoms with van der Waals surface area (Å²) in [7, 11) is 1.57. The number of piperidine rings is 1. The van der Waals surface area contributed by atoms with E-state index < -0.39 is 0 Å². The molecular weight excluding hydrogens is 332 g/mol. The van der Waals surface area contributed by atoms with E-state index in [1.54, 1.807) is 19.2 Å². The Labute approximate surface area is 155 Å². The maximum absolute atomic E-state index is 12.2. The van der Waals surface area contributed by atoms with Gasteiger partial charge in [0.15, 0.2) is 0 Å². The molecule has 0 saturated carbocycles. The fraction of sp³-hybridized carbons (Fsp3) is 0.579. The van der Waals surface area contributed by atoms with Crippen LogP contribution in [0.4, 0.5) is 15.3 Å². The van der Waals surface area contributed by atoms with Crippen molar-refractivity contribution in [3.8, 4) is 5.75 Å². The van der Waals surface area contributed by atoms with Crippen LogP contribution in [0.25, 0.3) is 0 Å². The average molecular weight is 362 g/mol. The Bertz CT molecular complexity index is 619.